The second-order valence-corrected chi connectivity index (χ2v) is 8.41. The maximum Gasteiger partial charge on any atom is 0.266 e. The van der Waals surface area contributed by atoms with Gasteiger partial charge in [-0.3, -0.25) is 4.79 Å². The Bertz CT molecular complexity index is 1210. The molecule has 0 aliphatic rings. The Labute approximate surface area is 201 Å². The Hall–Kier alpha value is -3.31. The van der Waals surface area contributed by atoms with Crippen LogP contribution < -0.4 is 14.8 Å². The van der Waals surface area contributed by atoms with Gasteiger partial charge in [0.15, 0.2) is 11.5 Å². The molecule has 3 rings (SSSR count). The molecule has 6 heteroatoms. The minimum Gasteiger partial charge on any atom is -0.493 e. The van der Waals surface area contributed by atoms with Gasteiger partial charge in [-0.1, -0.05) is 48.0 Å². The van der Waals surface area contributed by atoms with Crippen LogP contribution in [0.5, 0.6) is 11.5 Å². The highest BCUT2D eigenvalue weighted by Gasteiger charge is 2.15. The van der Waals surface area contributed by atoms with Gasteiger partial charge in [0.25, 0.3) is 5.91 Å². The molecule has 0 saturated heterocycles. The van der Waals surface area contributed by atoms with Crippen molar-refractivity contribution in [3.63, 3.8) is 0 Å². The van der Waals surface area contributed by atoms with E-state index in [1.807, 2.05) is 62.4 Å². The van der Waals surface area contributed by atoms with Crippen LogP contribution in [0.4, 0.5) is 5.69 Å². The summed E-state index contributed by atoms with van der Waals surface area (Å²) in [4.78, 5) is 12.6. The van der Waals surface area contributed by atoms with Crippen molar-refractivity contribution in [1.29, 1.82) is 5.26 Å². The zero-order valence-electron chi connectivity index (χ0n) is 18.1. The third kappa shape index (κ3) is 5.89. The van der Waals surface area contributed by atoms with Crippen molar-refractivity contribution in [2.24, 2.45) is 0 Å². The quantitative estimate of drug-likeness (QED) is 0.226. The number of nitrogens with zero attached hydrogens (tertiary/aromatic N) is 1. The molecule has 0 unspecified atom stereocenters. The minimum absolute atomic E-state index is 0.000430. The van der Waals surface area contributed by atoms with Crippen LogP contribution in [0, 0.1) is 28.7 Å². The second kappa shape index (κ2) is 10.8. The van der Waals surface area contributed by atoms with E-state index in [0.717, 1.165) is 14.7 Å². The lowest BCUT2D eigenvalue weighted by Crippen LogP contribution is -2.14. The van der Waals surface area contributed by atoms with E-state index in [9.17, 15) is 10.1 Å². The molecular formula is C26H23IN2O3. The van der Waals surface area contributed by atoms with Gasteiger partial charge in [-0.25, -0.2) is 0 Å². The summed E-state index contributed by atoms with van der Waals surface area (Å²) in [7, 11) is 1.56. The third-order valence-electron chi connectivity index (χ3n) is 4.79. The number of aryl methyl sites for hydroxylation is 2. The predicted octanol–water partition coefficient (Wildman–Crippen LogP) is 6.04. The smallest absolute Gasteiger partial charge is 0.266 e. The number of nitrogens with one attached hydrogen (secondary N) is 1. The molecule has 3 aromatic carbocycles. The number of carbonyl (C=O) groups excluding carboxylic acids is 1. The number of methoxy groups -OCH3 is 1. The molecule has 0 saturated carbocycles. The highest BCUT2D eigenvalue weighted by Crippen LogP contribution is 2.35. The standard InChI is InChI=1S/C26H23IN2O3/c1-17-7-6-9-19(11-17)16-32-25-22(27)13-20(14-24(25)31-3)12-21(15-28)26(30)29-23-10-5-4-8-18(23)2/h4-14H,16H2,1-3H3,(H,29,30)/b21-12-. The Morgan fingerprint density at radius 3 is 2.59 bits per heavy atom. The molecule has 0 aliphatic heterocycles. The van der Waals surface area contributed by atoms with Crippen molar-refractivity contribution < 1.29 is 14.3 Å². The molecule has 0 aromatic heterocycles. The van der Waals surface area contributed by atoms with Crippen molar-refractivity contribution in [1.82, 2.24) is 0 Å². The summed E-state index contributed by atoms with van der Waals surface area (Å²) in [5.41, 5.74) is 4.49. The lowest BCUT2D eigenvalue weighted by molar-refractivity contribution is -0.112. The number of halogens is 1. The van der Waals surface area contributed by atoms with E-state index in [0.29, 0.717) is 29.4 Å². The number of hydrogen-bond acceptors (Lipinski definition) is 4. The second-order valence-electron chi connectivity index (χ2n) is 7.25. The van der Waals surface area contributed by atoms with Crippen LogP contribution in [0.3, 0.4) is 0 Å². The zero-order valence-corrected chi connectivity index (χ0v) is 20.3. The number of amides is 1. The summed E-state index contributed by atoms with van der Waals surface area (Å²) >= 11 is 2.17. The topological polar surface area (TPSA) is 71.3 Å². The summed E-state index contributed by atoms with van der Waals surface area (Å²) in [6.07, 6.45) is 1.54. The summed E-state index contributed by atoms with van der Waals surface area (Å²) < 4.78 is 12.4. The maximum absolute atomic E-state index is 12.6. The van der Waals surface area contributed by atoms with Crippen molar-refractivity contribution >= 4 is 40.3 Å². The summed E-state index contributed by atoms with van der Waals surface area (Å²) in [5.74, 6) is 0.692. The van der Waals surface area contributed by atoms with Gasteiger partial charge in [-0.2, -0.15) is 5.26 Å². The lowest BCUT2D eigenvalue weighted by atomic mass is 10.1. The van der Waals surface area contributed by atoms with Crippen LogP contribution in [0.15, 0.2) is 66.2 Å². The van der Waals surface area contributed by atoms with E-state index in [1.54, 1.807) is 25.3 Å². The zero-order chi connectivity index (χ0) is 23.1. The molecule has 0 heterocycles. The molecule has 3 aromatic rings. The van der Waals surface area contributed by atoms with Gasteiger partial charge in [0.2, 0.25) is 0 Å². The fourth-order valence-electron chi connectivity index (χ4n) is 3.14. The van der Waals surface area contributed by atoms with Crippen LogP contribution in [0.25, 0.3) is 6.08 Å². The highest BCUT2D eigenvalue weighted by molar-refractivity contribution is 14.1. The van der Waals surface area contributed by atoms with E-state index in [-0.39, 0.29) is 5.57 Å². The van der Waals surface area contributed by atoms with Crippen molar-refractivity contribution in [3.05, 3.63) is 92.1 Å². The van der Waals surface area contributed by atoms with Gasteiger partial charge in [-0.05, 0) is 77.4 Å². The molecule has 32 heavy (non-hydrogen) atoms. The average Bonchev–Trinajstić information content (AvgIpc) is 2.77. The van der Waals surface area contributed by atoms with E-state index < -0.39 is 5.91 Å². The molecule has 1 N–H and O–H groups in total. The maximum atomic E-state index is 12.6. The molecule has 0 radical (unpaired) electrons. The molecule has 5 nitrogen and oxygen atoms in total. The van der Waals surface area contributed by atoms with Gasteiger partial charge >= 0.3 is 0 Å². The van der Waals surface area contributed by atoms with Crippen LogP contribution in [-0.4, -0.2) is 13.0 Å². The number of para-hydroxylation sites is 1. The van der Waals surface area contributed by atoms with Gasteiger partial charge < -0.3 is 14.8 Å². The van der Waals surface area contributed by atoms with Crippen molar-refractivity contribution in [2.45, 2.75) is 20.5 Å². The van der Waals surface area contributed by atoms with Crippen LogP contribution in [0.1, 0.15) is 22.3 Å². The Balaban J connectivity index is 1.83. The molecular weight excluding hydrogens is 515 g/mol. The highest BCUT2D eigenvalue weighted by atomic mass is 127. The van der Waals surface area contributed by atoms with E-state index >= 15 is 0 Å². The molecule has 162 valence electrons. The fraction of sp³-hybridized carbons (Fsp3) is 0.154. The number of ether oxygens (including phenoxy) is 2. The number of rotatable bonds is 7. The summed E-state index contributed by atoms with van der Waals surface area (Å²) in [6, 6.07) is 21.1. The monoisotopic (exact) mass is 538 g/mol. The SMILES string of the molecule is COc1cc(/C=C(/C#N)C(=O)Nc2ccccc2C)cc(I)c1OCc1cccc(C)c1. The third-order valence-corrected chi connectivity index (χ3v) is 5.59. The van der Waals surface area contributed by atoms with Crippen molar-refractivity contribution in [3.8, 4) is 17.6 Å². The summed E-state index contributed by atoms with van der Waals surface area (Å²) in [6.45, 7) is 4.34. The Kier molecular flexibility index (Phi) is 7.90. The van der Waals surface area contributed by atoms with Gasteiger partial charge in [0.05, 0.1) is 10.7 Å². The number of benzene rings is 3. The normalized spacial score (nSPS) is 10.9. The number of carbonyl (C=O) groups is 1. The molecule has 1 amide bonds. The lowest BCUT2D eigenvalue weighted by Gasteiger charge is -2.14. The number of hydrogen-bond donors (Lipinski definition) is 1. The Morgan fingerprint density at radius 1 is 1.12 bits per heavy atom. The molecule has 0 fully saturated rings. The molecule has 0 bridgehead atoms. The first kappa shape index (κ1) is 23.4. The van der Waals surface area contributed by atoms with Crippen molar-refractivity contribution in [2.75, 3.05) is 12.4 Å². The van der Waals surface area contributed by atoms with Crippen LogP contribution in [-0.2, 0) is 11.4 Å². The molecule has 0 aliphatic carbocycles. The van der Waals surface area contributed by atoms with Crippen LogP contribution >= 0.6 is 22.6 Å². The Morgan fingerprint density at radius 2 is 1.91 bits per heavy atom. The number of anilines is 1. The van der Waals surface area contributed by atoms with E-state index in [1.165, 1.54) is 5.56 Å². The molecule has 0 spiro atoms. The van der Waals surface area contributed by atoms with Crippen LogP contribution in [0.2, 0.25) is 0 Å². The first-order chi connectivity index (χ1) is 15.4. The van der Waals surface area contributed by atoms with E-state index in [4.69, 9.17) is 9.47 Å². The first-order valence-electron chi connectivity index (χ1n) is 9.96. The predicted molar refractivity (Wildman–Crippen MR) is 135 cm³/mol. The van der Waals surface area contributed by atoms with E-state index in [2.05, 4.69) is 34.0 Å². The largest absolute Gasteiger partial charge is 0.493 e. The molecule has 0 atom stereocenters. The number of nitriles is 1. The van der Waals surface area contributed by atoms with Gasteiger partial charge in [-0.15, -0.1) is 0 Å². The fourth-order valence-corrected chi connectivity index (χ4v) is 3.92. The van der Waals surface area contributed by atoms with Gasteiger partial charge in [0.1, 0.15) is 18.2 Å². The minimum atomic E-state index is -0.462. The summed E-state index contributed by atoms with van der Waals surface area (Å²) in [5, 5.41) is 12.3. The first-order valence-corrected chi connectivity index (χ1v) is 11.0. The van der Waals surface area contributed by atoms with Gasteiger partial charge in [0, 0.05) is 5.69 Å². The average molecular weight is 538 g/mol.